The summed E-state index contributed by atoms with van der Waals surface area (Å²) in [6.45, 7) is 0. The number of thioether (sulfide) groups is 1. The van der Waals surface area contributed by atoms with E-state index < -0.39 is 12.0 Å². The average Bonchev–Trinajstić information content (AvgIpc) is 2.88. The Hall–Kier alpha value is -2.01. The van der Waals surface area contributed by atoms with Crippen molar-refractivity contribution in [2.24, 2.45) is 4.99 Å². The Labute approximate surface area is 113 Å². The van der Waals surface area contributed by atoms with Gasteiger partial charge in [-0.2, -0.15) is 0 Å². The number of aromatic hydroxyl groups is 1. The van der Waals surface area contributed by atoms with E-state index >= 15 is 0 Å². The number of hydrogen-bond acceptors (Lipinski definition) is 4. The minimum absolute atomic E-state index is 0.135. The molecule has 0 fully saturated rings. The van der Waals surface area contributed by atoms with Crippen LogP contribution in [0.15, 0.2) is 41.4 Å². The van der Waals surface area contributed by atoms with Crippen molar-refractivity contribution in [2.45, 2.75) is 6.04 Å². The van der Waals surface area contributed by atoms with E-state index in [-0.39, 0.29) is 5.75 Å². The lowest BCUT2D eigenvalue weighted by Crippen LogP contribution is -2.17. The van der Waals surface area contributed by atoms with E-state index in [1.165, 1.54) is 11.8 Å². The monoisotopic (exact) mass is 273 g/mol. The number of aliphatic imine (C=N–C) groups is 1. The van der Waals surface area contributed by atoms with E-state index in [4.69, 9.17) is 5.11 Å². The third-order valence-electron chi connectivity index (χ3n) is 3.06. The standard InChI is InChI=1S/C14H11NO3S/c16-11-6-5-8-3-1-2-4-9(8)12(11)13-15-10(7-19-13)14(17)18/h1-6,10,16H,7H2,(H,17,18)/t10-/m1/s1. The van der Waals surface area contributed by atoms with Crippen LogP contribution in [0, 0.1) is 0 Å². The quantitative estimate of drug-likeness (QED) is 0.882. The number of rotatable bonds is 2. The van der Waals surface area contributed by atoms with Gasteiger partial charge in [0.05, 0.1) is 5.56 Å². The first-order chi connectivity index (χ1) is 9.16. The van der Waals surface area contributed by atoms with Gasteiger partial charge in [-0.15, -0.1) is 11.8 Å². The van der Waals surface area contributed by atoms with Crippen molar-refractivity contribution in [2.75, 3.05) is 5.75 Å². The summed E-state index contributed by atoms with van der Waals surface area (Å²) in [5, 5.41) is 21.5. The number of aliphatic carboxylic acids is 1. The van der Waals surface area contributed by atoms with Crippen molar-refractivity contribution >= 4 is 33.5 Å². The van der Waals surface area contributed by atoms with Crippen LogP contribution in [-0.2, 0) is 4.79 Å². The van der Waals surface area contributed by atoms with E-state index in [1.54, 1.807) is 6.07 Å². The molecule has 0 spiro atoms. The molecule has 1 aliphatic rings. The fraction of sp³-hybridized carbons (Fsp3) is 0.143. The first-order valence-electron chi connectivity index (χ1n) is 5.81. The van der Waals surface area contributed by atoms with E-state index in [0.29, 0.717) is 16.4 Å². The Balaban J connectivity index is 2.18. The van der Waals surface area contributed by atoms with Gasteiger partial charge in [-0.25, -0.2) is 4.79 Å². The van der Waals surface area contributed by atoms with E-state index in [0.717, 1.165) is 10.8 Å². The highest BCUT2D eigenvalue weighted by atomic mass is 32.2. The second-order valence-corrected chi connectivity index (χ2v) is 5.29. The molecule has 2 N–H and O–H groups in total. The topological polar surface area (TPSA) is 69.9 Å². The molecular weight excluding hydrogens is 262 g/mol. The minimum atomic E-state index is -0.928. The van der Waals surface area contributed by atoms with Gasteiger partial charge in [0.2, 0.25) is 0 Å². The third-order valence-corrected chi connectivity index (χ3v) is 4.12. The molecule has 96 valence electrons. The lowest BCUT2D eigenvalue weighted by atomic mass is 10.0. The van der Waals surface area contributed by atoms with Crippen molar-refractivity contribution in [1.82, 2.24) is 0 Å². The molecule has 5 heteroatoms. The number of hydrogen-bond donors (Lipinski definition) is 2. The van der Waals surface area contributed by atoms with Crippen molar-refractivity contribution in [1.29, 1.82) is 0 Å². The van der Waals surface area contributed by atoms with E-state index in [2.05, 4.69) is 4.99 Å². The zero-order chi connectivity index (χ0) is 13.4. The van der Waals surface area contributed by atoms with Crippen LogP contribution >= 0.6 is 11.8 Å². The molecule has 0 radical (unpaired) electrons. The molecule has 0 aliphatic carbocycles. The summed E-state index contributed by atoms with van der Waals surface area (Å²) in [6.07, 6.45) is 0. The lowest BCUT2D eigenvalue weighted by molar-refractivity contribution is -0.137. The van der Waals surface area contributed by atoms with E-state index in [1.807, 2.05) is 30.3 Å². The number of phenols is 1. The second-order valence-electron chi connectivity index (χ2n) is 4.28. The molecule has 0 unspecified atom stereocenters. The molecule has 0 bridgehead atoms. The number of phenolic OH excluding ortho intramolecular Hbond substituents is 1. The van der Waals surface area contributed by atoms with E-state index in [9.17, 15) is 9.90 Å². The first-order valence-corrected chi connectivity index (χ1v) is 6.80. The van der Waals surface area contributed by atoms with Crippen LogP contribution in [0.2, 0.25) is 0 Å². The second kappa shape index (κ2) is 4.59. The Morgan fingerprint density at radius 2 is 2.05 bits per heavy atom. The Bertz CT molecular complexity index is 696. The fourth-order valence-corrected chi connectivity index (χ4v) is 3.22. The molecule has 0 saturated carbocycles. The maximum atomic E-state index is 10.9. The Morgan fingerprint density at radius 1 is 1.26 bits per heavy atom. The number of fused-ring (bicyclic) bond motifs is 1. The fourth-order valence-electron chi connectivity index (χ4n) is 2.12. The molecule has 1 heterocycles. The molecule has 0 aromatic heterocycles. The van der Waals surface area contributed by atoms with Gasteiger partial charge in [0.25, 0.3) is 0 Å². The van der Waals surface area contributed by atoms with Gasteiger partial charge in [0, 0.05) is 5.75 Å². The molecule has 4 nitrogen and oxygen atoms in total. The van der Waals surface area contributed by atoms with Gasteiger partial charge in [0.1, 0.15) is 10.8 Å². The maximum absolute atomic E-state index is 10.9. The predicted octanol–water partition coefficient (Wildman–Crippen LogP) is 2.49. The zero-order valence-corrected chi connectivity index (χ0v) is 10.7. The highest BCUT2D eigenvalue weighted by Gasteiger charge is 2.27. The van der Waals surface area contributed by atoms with Gasteiger partial charge in [-0.3, -0.25) is 4.99 Å². The van der Waals surface area contributed by atoms with Crippen LogP contribution in [0.1, 0.15) is 5.56 Å². The van der Waals surface area contributed by atoms with Crippen molar-refractivity contribution in [3.8, 4) is 5.75 Å². The van der Waals surface area contributed by atoms with Crippen LogP contribution < -0.4 is 0 Å². The van der Waals surface area contributed by atoms with Crippen LogP contribution in [-0.4, -0.2) is 33.0 Å². The molecule has 0 saturated heterocycles. The number of benzene rings is 2. The summed E-state index contributed by atoms with van der Waals surface area (Å²) in [4.78, 5) is 15.1. The van der Waals surface area contributed by atoms with Crippen molar-refractivity contribution in [3.05, 3.63) is 42.0 Å². The highest BCUT2D eigenvalue weighted by Crippen LogP contribution is 2.34. The molecule has 2 aromatic rings. The maximum Gasteiger partial charge on any atom is 0.329 e. The number of nitrogens with zero attached hydrogens (tertiary/aromatic N) is 1. The normalized spacial score (nSPS) is 18.5. The first kappa shape index (κ1) is 12.0. The Kier molecular flexibility index (Phi) is 2.91. The summed E-state index contributed by atoms with van der Waals surface area (Å²) in [6, 6.07) is 10.4. The average molecular weight is 273 g/mol. The summed E-state index contributed by atoms with van der Waals surface area (Å²) in [5.41, 5.74) is 0.631. The van der Waals surface area contributed by atoms with Gasteiger partial charge in [0.15, 0.2) is 6.04 Å². The molecule has 0 amide bonds. The van der Waals surface area contributed by atoms with Crippen LogP contribution in [0.3, 0.4) is 0 Å². The molecule has 2 aromatic carbocycles. The molecule has 3 rings (SSSR count). The van der Waals surface area contributed by atoms with Crippen LogP contribution in [0.5, 0.6) is 5.75 Å². The Morgan fingerprint density at radius 3 is 2.79 bits per heavy atom. The lowest BCUT2D eigenvalue weighted by Gasteiger charge is -2.08. The van der Waals surface area contributed by atoms with Gasteiger partial charge in [-0.1, -0.05) is 30.3 Å². The van der Waals surface area contributed by atoms with Crippen molar-refractivity contribution < 1.29 is 15.0 Å². The van der Waals surface area contributed by atoms with Gasteiger partial charge >= 0.3 is 5.97 Å². The number of carboxylic acids is 1. The summed E-state index contributed by atoms with van der Waals surface area (Å²) in [5.74, 6) is -0.383. The van der Waals surface area contributed by atoms with Gasteiger partial charge in [-0.05, 0) is 16.8 Å². The minimum Gasteiger partial charge on any atom is -0.507 e. The largest absolute Gasteiger partial charge is 0.507 e. The van der Waals surface area contributed by atoms with Crippen LogP contribution in [0.25, 0.3) is 10.8 Å². The third kappa shape index (κ3) is 2.06. The zero-order valence-electron chi connectivity index (χ0n) is 9.91. The smallest absolute Gasteiger partial charge is 0.329 e. The predicted molar refractivity (Wildman–Crippen MR) is 76.0 cm³/mol. The molecule has 19 heavy (non-hydrogen) atoms. The molecule has 1 aliphatic heterocycles. The SMILES string of the molecule is O=C(O)[C@H]1CSC(c2c(O)ccc3ccccc23)=N1. The summed E-state index contributed by atoms with van der Waals surface area (Å²) in [7, 11) is 0. The summed E-state index contributed by atoms with van der Waals surface area (Å²) < 4.78 is 0. The summed E-state index contributed by atoms with van der Waals surface area (Å²) >= 11 is 1.37. The van der Waals surface area contributed by atoms with Crippen molar-refractivity contribution in [3.63, 3.8) is 0 Å². The molecule has 1 atom stereocenters. The highest BCUT2D eigenvalue weighted by molar-refractivity contribution is 8.14. The number of carboxylic acid groups (broad SMARTS) is 1. The van der Waals surface area contributed by atoms with Gasteiger partial charge < -0.3 is 10.2 Å². The number of carbonyl (C=O) groups is 1. The molecular formula is C14H11NO3S. The van der Waals surface area contributed by atoms with Crippen LogP contribution in [0.4, 0.5) is 0 Å².